The molecule has 0 aliphatic heterocycles. The van der Waals surface area contributed by atoms with E-state index in [-0.39, 0.29) is 62.7 Å². The van der Waals surface area contributed by atoms with Crippen LogP contribution in [-0.4, -0.2) is 69.6 Å². The van der Waals surface area contributed by atoms with Crippen LogP contribution < -0.4 is 4.89 Å². The monoisotopic (exact) mass is 207 g/mol. The Kier molecular flexibility index (Phi) is 6.57. The first-order valence-electron chi connectivity index (χ1n) is 3.28. The normalized spacial score (nSPS) is 8.69. The van der Waals surface area contributed by atoms with Crippen molar-refractivity contribution in [1.82, 2.24) is 0 Å². The summed E-state index contributed by atoms with van der Waals surface area (Å²) in [5.41, 5.74) is 0.0827. The number of rotatable bonds is 3. The first kappa shape index (κ1) is 13.1. The van der Waals surface area contributed by atoms with Gasteiger partial charge in [0.15, 0.2) is 5.75 Å². The van der Waals surface area contributed by atoms with E-state index in [9.17, 15) is 4.79 Å². The van der Waals surface area contributed by atoms with Gasteiger partial charge in [0, 0.05) is 51.4 Å². The van der Waals surface area contributed by atoms with Gasteiger partial charge in [0.25, 0.3) is 0 Å². The molecule has 0 spiro atoms. The maximum Gasteiger partial charge on any atom is 0.339 e. The summed E-state index contributed by atoms with van der Waals surface area (Å²) in [7, 11) is 1.32. The molecule has 0 aliphatic rings. The Hall–Kier alpha value is 0.0864. The van der Waals surface area contributed by atoms with Gasteiger partial charge in [-0.25, -0.2) is 4.79 Å². The molecule has 1 rings (SSSR count). The Labute approximate surface area is 118 Å². The zero-order valence-corrected chi connectivity index (χ0v) is 10.6. The predicted molar refractivity (Wildman–Crippen MR) is 46.8 cm³/mol. The Morgan fingerprint density at radius 2 is 2.00 bits per heavy atom. The summed E-state index contributed by atoms with van der Waals surface area (Å²) in [6.45, 7) is 0. The van der Waals surface area contributed by atoms with Crippen LogP contribution in [-0.2, 0) is 4.89 Å². The van der Waals surface area contributed by atoms with E-state index in [2.05, 4.69) is 9.78 Å². The van der Waals surface area contributed by atoms with Crippen molar-refractivity contribution in [3.63, 3.8) is 0 Å². The molecule has 0 fully saturated rings. The van der Waals surface area contributed by atoms with Crippen LogP contribution in [0.5, 0.6) is 5.75 Å². The van der Waals surface area contributed by atoms with E-state index in [0.29, 0.717) is 0 Å². The van der Waals surface area contributed by atoms with Crippen LogP contribution in [0.25, 0.3) is 0 Å². The summed E-state index contributed by atoms with van der Waals surface area (Å²) in [4.78, 5) is 19.5. The molecule has 4 nitrogen and oxygen atoms in total. The van der Waals surface area contributed by atoms with Crippen molar-refractivity contribution in [3.05, 3.63) is 29.8 Å². The van der Waals surface area contributed by atoms with Crippen LogP contribution in [0.2, 0.25) is 0 Å². The number of carboxylic acid groups (broad SMARTS) is 1. The molecule has 0 saturated heterocycles. The quantitative estimate of drug-likeness (QED) is 0.455. The van der Waals surface area contributed by atoms with Crippen molar-refractivity contribution in [1.29, 1.82) is 0 Å². The first-order valence-corrected chi connectivity index (χ1v) is 3.28. The second-order valence-electron chi connectivity index (χ2n) is 2.05. The van der Waals surface area contributed by atoms with Crippen molar-refractivity contribution in [2.75, 3.05) is 7.11 Å². The molecule has 0 heterocycles. The molecule has 0 aliphatic carbocycles. The van der Waals surface area contributed by atoms with Gasteiger partial charge in [-0.1, -0.05) is 12.1 Å². The molecule has 0 unspecified atom stereocenters. The Bertz CT molecular complexity index is 287. The maximum atomic E-state index is 10.6. The molecule has 1 aromatic rings. The summed E-state index contributed by atoms with van der Waals surface area (Å²) in [5.74, 6) is -0.838. The van der Waals surface area contributed by atoms with Crippen LogP contribution in [0.1, 0.15) is 10.4 Å². The fourth-order valence-electron chi connectivity index (χ4n) is 0.806. The number of para-hydroxylation sites is 1. The molecule has 5 heteroatoms. The number of aromatic carboxylic acids is 1. The molecular weight excluding hydrogens is 199 g/mol. The average molecular weight is 207 g/mol. The maximum absolute atomic E-state index is 10.6. The van der Waals surface area contributed by atoms with Crippen LogP contribution >= 0.6 is 0 Å². The average Bonchev–Trinajstić information content (AvgIpc) is 2.05. The number of hydrogen-bond donors (Lipinski definition) is 1. The van der Waals surface area contributed by atoms with E-state index >= 15 is 0 Å². The molecule has 0 atom stereocenters. The topological polar surface area (TPSA) is 55.8 Å². The minimum Gasteiger partial charge on any atom is -0.478 e. The Morgan fingerprint density at radius 3 is 2.54 bits per heavy atom. The van der Waals surface area contributed by atoms with E-state index in [4.69, 9.17) is 5.11 Å². The molecular formula is C8H8KO4. The van der Waals surface area contributed by atoms with E-state index in [1.165, 1.54) is 19.2 Å². The third kappa shape index (κ3) is 3.76. The van der Waals surface area contributed by atoms with Gasteiger partial charge < -0.3 is 9.99 Å². The van der Waals surface area contributed by atoms with Crippen molar-refractivity contribution in [3.8, 4) is 5.75 Å². The Balaban J connectivity index is 0.00000144. The smallest absolute Gasteiger partial charge is 0.339 e. The van der Waals surface area contributed by atoms with Crippen LogP contribution in [0.15, 0.2) is 24.3 Å². The molecule has 0 aromatic heterocycles. The van der Waals surface area contributed by atoms with Crippen LogP contribution in [0.3, 0.4) is 0 Å². The Morgan fingerprint density at radius 1 is 1.38 bits per heavy atom. The van der Waals surface area contributed by atoms with Gasteiger partial charge in [-0.15, -0.1) is 0 Å². The van der Waals surface area contributed by atoms with E-state index in [1.54, 1.807) is 12.1 Å². The van der Waals surface area contributed by atoms with Crippen LogP contribution in [0.4, 0.5) is 0 Å². The second-order valence-corrected chi connectivity index (χ2v) is 2.05. The third-order valence-electron chi connectivity index (χ3n) is 1.29. The van der Waals surface area contributed by atoms with Crippen LogP contribution in [0, 0.1) is 0 Å². The zero-order chi connectivity index (χ0) is 8.97. The van der Waals surface area contributed by atoms with E-state index < -0.39 is 5.97 Å². The number of benzene rings is 1. The molecule has 0 amide bonds. The van der Waals surface area contributed by atoms with Gasteiger partial charge in [0.2, 0.25) is 0 Å². The van der Waals surface area contributed by atoms with Gasteiger partial charge in [-0.05, 0) is 12.1 Å². The molecule has 0 bridgehead atoms. The minimum atomic E-state index is -1.04. The fourth-order valence-corrected chi connectivity index (χ4v) is 0.806. The first-order chi connectivity index (χ1) is 5.75. The molecule has 1 radical (unpaired) electrons. The summed E-state index contributed by atoms with van der Waals surface area (Å²) < 4.78 is 0. The molecule has 13 heavy (non-hydrogen) atoms. The number of carbonyl (C=O) groups is 1. The van der Waals surface area contributed by atoms with Crippen molar-refractivity contribution < 1.29 is 19.7 Å². The molecule has 0 saturated carbocycles. The van der Waals surface area contributed by atoms with Crippen molar-refractivity contribution in [2.24, 2.45) is 0 Å². The van der Waals surface area contributed by atoms with Crippen molar-refractivity contribution in [2.45, 2.75) is 0 Å². The van der Waals surface area contributed by atoms with Gasteiger partial charge in [-0.3, -0.25) is 0 Å². The summed E-state index contributed by atoms with van der Waals surface area (Å²) in [5, 5.41) is 8.66. The van der Waals surface area contributed by atoms with Gasteiger partial charge in [0.1, 0.15) is 5.56 Å². The summed E-state index contributed by atoms with van der Waals surface area (Å²) in [6, 6.07) is 6.25. The number of hydrogen-bond acceptors (Lipinski definition) is 3. The van der Waals surface area contributed by atoms with Crippen molar-refractivity contribution >= 4 is 57.4 Å². The zero-order valence-electron chi connectivity index (χ0n) is 7.48. The van der Waals surface area contributed by atoms with Gasteiger partial charge in [-0.2, -0.15) is 4.89 Å². The van der Waals surface area contributed by atoms with E-state index in [0.717, 1.165) is 0 Å². The van der Waals surface area contributed by atoms with E-state index in [1.807, 2.05) is 0 Å². The predicted octanol–water partition coefficient (Wildman–Crippen LogP) is 0.944. The second kappa shape index (κ2) is 6.53. The number of carboxylic acids is 1. The van der Waals surface area contributed by atoms with Gasteiger partial charge >= 0.3 is 5.97 Å². The summed E-state index contributed by atoms with van der Waals surface area (Å²) >= 11 is 0. The summed E-state index contributed by atoms with van der Waals surface area (Å²) in [6.07, 6.45) is 0. The SMILES string of the molecule is COOc1ccccc1C(=O)O.[K]. The third-order valence-corrected chi connectivity index (χ3v) is 1.29. The largest absolute Gasteiger partial charge is 0.478 e. The minimum absolute atomic E-state index is 0. The van der Waals surface area contributed by atoms with Gasteiger partial charge in [0.05, 0.1) is 7.11 Å². The molecule has 65 valence electrons. The standard InChI is InChI=1S/C8H8O4.K/c1-11-12-7-5-3-2-4-6(7)8(9)10;/h2-5H,1H3,(H,9,10);. The fraction of sp³-hybridized carbons (Fsp3) is 0.125. The molecule has 1 N–H and O–H groups in total. The molecule has 1 aromatic carbocycles.